The molecule has 3 rings (SSSR count). The molecular weight excluding hydrogens is 244 g/mol. The molecule has 0 bridgehead atoms. The summed E-state index contributed by atoms with van der Waals surface area (Å²) in [6.07, 6.45) is 14.6. The highest BCUT2D eigenvalue weighted by atomic mass is 15.2. The molecule has 0 amide bonds. The van der Waals surface area contributed by atoms with Gasteiger partial charge in [0.15, 0.2) is 0 Å². The minimum atomic E-state index is 0.816. The third kappa shape index (κ3) is 3.76. The minimum absolute atomic E-state index is 0.816. The summed E-state index contributed by atoms with van der Waals surface area (Å²) in [4.78, 5) is 2.89. The molecule has 0 aromatic rings. The first kappa shape index (κ1) is 14.8. The van der Waals surface area contributed by atoms with Crippen molar-refractivity contribution >= 4 is 0 Å². The Kier molecular flexibility index (Phi) is 5.39. The van der Waals surface area contributed by atoms with Crippen LogP contribution in [0.5, 0.6) is 0 Å². The predicted molar refractivity (Wildman–Crippen MR) is 86.0 cm³/mol. The summed E-state index contributed by atoms with van der Waals surface area (Å²) >= 11 is 0. The van der Waals surface area contributed by atoms with Gasteiger partial charge in [-0.1, -0.05) is 39.0 Å². The Morgan fingerprint density at radius 3 is 2.45 bits per heavy atom. The normalized spacial score (nSPS) is 33.5. The highest BCUT2D eigenvalue weighted by molar-refractivity contribution is 4.96. The number of unbranched alkanes of at least 4 members (excludes halogenated alkanes) is 2. The molecule has 0 aromatic carbocycles. The van der Waals surface area contributed by atoms with Gasteiger partial charge in [-0.15, -0.1) is 0 Å². The lowest BCUT2D eigenvalue weighted by atomic mass is 9.82. The highest BCUT2D eigenvalue weighted by Gasteiger charge is 2.39. The van der Waals surface area contributed by atoms with Crippen LogP contribution >= 0.6 is 0 Å². The lowest BCUT2D eigenvalue weighted by molar-refractivity contribution is 0.0656. The summed E-state index contributed by atoms with van der Waals surface area (Å²) in [6.45, 7) is 6.30. The molecule has 3 fully saturated rings. The Hall–Kier alpha value is -0.0800. The predicted octanol–water partition coefficient (Wildman–Crippen LogP) is 3.81. The molecule has 1 N–H and O–H groups in total. The second kappa shape index (κ2) is 7.26. The van der Waals surface area contributed by atoms with Crippen molar-refractivity contribution in [3.63, 3.8) is 0 Å². The molecule has 2 aliphatic carbocycles. The van der Waals surface area contributed by atoms with E-state index in [0.29, 0.717) is 0 Å². The molecule has 0 aromatic heterocycles. The van der Waals surface area contributed by atoms with Gasteiger partial charge in [0.2, 0.25) is 0 Å². The molecule has 2 nitrogen and oxygen atoms in total. The van der Waals surface area contributed by atoms with E-state index in [0.717, 1.165) is 23.9 Å². The smallest absolute Gasteiger partial charge is 0.0249 e. The van der Waals surface area contributed by atoms with Crippen LogP contribution in [-0.4, -0.2) is 36.6 Å². The highest BCUT2D eigenvalue weighted by Crippen LogP contribution is 2.36. The monoisotopic (exact) mass is 278 g/mol. The van der Waals surface area contributed by atoms with Crippen molar-refractivity contribution in [3.05, 3.63) is 0 Å². The quantitative estimate of drug-likeness (QED) is 0.743. The molecule has 2 unspecified atom stereocenters. The number of rotatable bonds is 6. The molecule has 2 heteroatoms. The molecule has 1 heterocycles. The zero-order chi connectivity index (χ0) is 13.8. The third-order valence-electron chi connectivity index (χ3n) is 5.92. The molecular formula is C18H34N2. The third-order valence-corrected chi connectivity index (χ3v) is 5.92. The maximum Gasteiger partial charge on any atom is 0.0249 e. The van der Waals surface area contributed by atoms with E-state index in [1.807, 2.05) is 0 Å². The molecule has 116 valence electrons. The van der Waals surface area contributed by atoms with Crippen molar-refractivity contribution in [2.75, 3.05) is 19.6 Å². The lowest BCUT2D eigenvalue weighted by Crippen LogP contribution is -2.59. The fraction of sp³-hybridized carbons (Fsp3) is 1.00. The van der Waals surface area contributed by atoms with Crippen LogP contribution in [0.1, 0.15) is 71.1 Å². The van der Waals surface area contributed by atoms with E-state index in [1.165, 1.54) is 83.8 Å². The van der Waals surface area contributed by atoms with E-state index in [4.69, 9.17) is 0 Å². The van der Waals surface area contributed by atoms with Gasteiger partial charge in [-0.25, -0.2) is 0 Å². The maximum atomic E-state index is 3.91. The van der Waals surface area contributed by atoms with Crippen LogP contribution in [0, 0.1) is 11.8 Å². The van der Waals surface area contributed by atoms with E-state index in [2.05, 4.69) is 17.1 Å². The van der Waals surface area contributed by atoms with Gasteiger partial charge in [-0.3, -0.25) is 4.90 Å². The van der Waals surface area contributed by atoms with Crippen LogP contribution in [0.25, 0.3) is 0 Å². The second-order valence-corrected chi connectivity index (χ2v) is 7.52. The van der Waals surface area contributed by atoms with E-state index >= 15 is 0 Å². The number of hydrogen-bond acceptors (Lipinski definition) is 2. The first-order valence-electron chi connectivity index (χ1n) is 9.36. The van der Waals surface area contributed by atoms with Gasteiger partial charge in [0.1, 0.15) is 0 Å². The summed E-state index contributed by atoms with van der Waals surface area (Å²) in [5, 5.41) is 3.91. The van der Waals surface area contributed by atoms with Crippen LogP contribution in [0.4, 0.5) is 0 Å². The number of nitrogens with zero attached hydrogens (tertiary/aromatic N) is 1. The Bertz CT molecular complexity index is 281. The van der Waals surface area contributed by atoms with Gasteiger partial charge in [-0.2, -0.15) is 0 Å². The van der Waals surface area contributed by atoms with Crippen molar-refractivity contribution in [1.82, 2.24) is 10.2 Å². The fourth-order valence-corrected chi connectivity index (χ4v) is 4.47. The first-order chi connectivity index (χ1) is 9.88. The van der Waals surface area contributed by atoms with Crippen molar-refractivity contribution in [2.24, 2.45) is 11.8 Å². The standard InChI is InChI=1S/C18H34N2/c1-2-3-7-12-20-14-17(15-10-11-15)19-13-18(20)16-8-5-4-6-9-16/h15-19H,2-14H2,1H3. The first-order valence-corrected chi connectivity index (χ1v) is 9.36. The average molecular weight is 278 g/mol. The molecule has 20 heavy (non-hydrogen) atoms. The number of piperazine rings is 1. The molecule has 2 atom stereocenters. The SMILES string of the molecule is CCCCCN1CC(C2CC2)NCC1C1CCCCC1. The van der Waals surface area contributed by atoms with Crippen LogP contribution in [-0.2, 0) is 0 Å². The number of hydrogen-bond donors (Lipinski definition) is 1. The van der Waals surface area contributed by atoms with Crippen LogP contribution in [0.15, 0.2) is 0 Å². The Balaban J connectivity index is 1.56. The van der Waals surface area contributed by atoms with Crippen LogP contribution in [0.2, 0.25) is 0 Å². The van der Waals surface area contributed by atoms with Crippen molar-refractivity contribution in [2.45, 2.75) is 83.2 Å². The van der Waals surface area contributed by atoms with Gasteiger partial charge in [0, 0.05) is 25.2 Å². The van der Waals surface area contributed by atoms with Crippen LogP contribution in [0.3, 0.4) is 0 Å². The summed E-state index contributed by atoms with van der Waals surface area (Å²) < 4.78 is 0. The molecule has 0 radical (unpaired) electrons. The zero-order valence-corrected chi connectivity index (χ0v) is 13.4. The largest absolute Gasteiger partial charge is 0.311 e. The van der Waals surface area contributed by atoms with Crippen molar-refractivity contribution < 1.29 is 0 Å². The van der Waals surface area contributed by atoms with E-state index in [9.17, 15) is 0 Å². The fourth-order valence-electron chi connectivity index (χ4n) is 4.47. The van der Waals surface area contributed by atoms with Crippen LogP contribution < -0.4 is 5.32 Å². The lowest BCUT2D eigenvalue weighted by Gasteiger charge is -2.45. The Labute approximate surface area is 125 Å². The molecule has 1 aliphatic heterocycles. The van der Waals surface area contributed by atoms with Gasteiger partial charge < -0.3 is 5.32 Å². The number of nitrogens with one attached hydrogen (secondary N) is 1. The average Bonchev–Trinajstić information content (AvgIpc) is 3.33. The molecule has 1 saturated heterocycles. The van der Waals surface area contributed by atoms with E-state index in [1.54, 1.807) is 0 Å². The van der Waals surface area contributed by atoms with E-state index < -0.39 is 0 Å². The topological polar surface area (TPSA) is 15.3 Å². The van der Waals surface area contributed by atoms with Gasteiger partial charge >= 0.3 is 0 Å². The minimum Gasteiger partial charge on any atom is -0.311 e. The van der Waals surface area contributed by atoms with E-state index in [-0.39, 0.29) is 0 Å². The van der Waals surface area contributed by atoms with Gasteiger partial charge in [0.05, 0.1) is 0 Å². The molecule has 3 aliphatic rings. The Morgan fingerprint density at radius 1 is 0.950 bits per heavy atom. The molecule has 2 saturated carbocycles. The second-order valence-electron chi connectivity index (χ2n) is 7.52. The van der Waals surface area contributed by atoms with Crippen molar-refractivity contribution in [1.29, 1.82) is 0 Å². The summed E-state index contributed by atoms with van der Waals surface area (Å²) in [5.41, 5.74) is 0. The zero-order valence-electron chi connectivity index (χ0n) is 13.4. The van der Waals surface area contributed by atoms with Crippen molar-refractivity contribution in [3.8, 4) is 0 Å². The summed E-state index contributed by atoms with van der Waals surface area (Å²) in [7, 11) is 0. The summed E-state index contributed by atoms with van der Waals surface area (Å²) in [6, 6.07) is 1.67. The van der Waals surface area contributed by atoms with Gasteiger partial charge in [-0.05, 0) is 50.5 Å². The summed E-state index contributed by atoms with van der Waals surface area (Å²) in [5.74, 6) is 1.99. The molecule has 0 spiro atoms. The Morgan fingerprint density at radius 2 is 1.75 bits per heavy atom. The van der Waals surface area contributed by atoms with Gasteiger partial charge in [0.25, 0.3) is 0 Å². The maximum absolute atomic E-state index is 3.91.